The molecule has 1 atom stereocenters. The number of hydrogen-bond donors (Lipinski definition) is 1. The Bertz CT molecular complexity index is 465. The zero-order chi connectivity index (χ0) is 13.8. The first kappa shape index (κ1) is 14.6. The van der Waals surface area contributed by atoms with E-state index in [0.717, 1.165) is 31.5 Å². The van der Waals surface area contributed by atoms with Crippen molar-refractivity contribution in [2.24, 2.45) is 0 Å². The molecule has 0 bridgehead atoms. The van der Waals surface area contributed by atoms with Gasteiger partial charge in [-0.05, 0) is 37.1 Å². The highest BCUT2D eigenvalue weighted by atomic mass is 35.5. The highest BCUT2D eigenvalue weighted by Crippen LogP contribution is 2.22. The molecule has 2 rings (SSSR count). The molecule has 1 aliphatic rings. The van der Waals surface area contributed by atoms with Crippen molar-refractivity contribution in [2.75, 3.05) is 19.6 Å². The van der Waals surface area contributed by atoms with Crippen molar-refractivity contribution in [3.63, 3.8) is 0 Å². The normalized spacial score (nSPS) is 19.2. The summed E-state index contributed by atoms with van der Waals surface area (Å²) in [6.07, 6.45) is 1.65. The van der Waals surface area contributed by atoms with Crippen LogP contribution in [0.15, 0.2) is 18.2 Å². The third-order valence-electron chi connectivity index (χ3n) is 3.41. The number of carbonyl (C=O) groups is 1. The van der Waals surface area contributed by atoms with Crippen molar-refractivity contribution in [3.05, 3.63) is 33.8 Å². The lowest BCUT2D eigenvalue weighted by molar-refractivity contribution is -0.129. The molecule has 0 aromatic heterocycles. The van der Waals surface area contributed by atoms with E-state index in [9.17, 15) is 4.79 Å². The molecule has 3 nitrogen and oxygen atoms in total. The SMILES string of the molecule is CCNC1CCN(CCc2ccc(Cl)cc2Cl)C1=O. The second kappa shape index (κ2) is 6.60. The van der Waals surface area contributed by atoms with Crippen molar-refractivity contribution in [3.8, 4) is 0 Å². The van der Waals surface area contributed by atoms with E-state index in [-0.39, 0.29) is 11.9 Å². The molecular weight excluding hydrogens is 283 g/mol. The molecular formula is C14H18Cl2N2O. The number of halogens is 2. The minimum Gasteiger partial charge on any atom is -0.341 e. The topological polar surface area (TPSA) is 32.3 Å². The zero-order valence-electron chi connectivity index (χ0n) is 11.0. The van der Waals surface area contributed by atoms with E-state index in [0.29, 0.717) is 16.6 Å². The van der Waals surface area contributed by atoms with Crippen LogP contribution in [0.1, 0.15) is 18.9 Å². The number of hydrogen-bond acceptors (Lipinski definition) is 2. The minimum absolute atomic E-state index is 0.00862. The summed E-state index contributed by atoms with van der Waals surface area (Å²) in [5, 5.41) is 4.51. The van der Waals surface area contributed by atoms with E-state index in [1.807, 2.05) is 24.0 Å². The van der Waals surface area contributed by atoms with Gasteiger partial charge in [0.2, 0.25) is 5.91 Å². The summed E-state index contributed by atoms with van der Waals surface area (Å²) >= 11 is 12.0. The van der Waals surface area contributed by atoms with E-state index < -0.39 is 0 Å². The van der Waals surface area contributed by atoms with Gasteiger partial charge in [0.15, 0.2) is 0 Å². The molecule has 1 fully saturated rings. The van der Waals surface area contributed by atoms with Gasteiger partial charge in [0.05, 0.1) is 6.04 Å². The fourth-order valence-electron chi connectivity index (χ4n) is 2.38. The van der Waals surface area contributed by atoms with Gasteiger partial charge in [-0.25, -0.2) is 0 Å². The minimum atomic E-state index is -0.00862. The maximum Gasteiger partial charge on any atom is 0.239 e. The van der Waals surface area contributed by atoms with E-state index >= 15 is 0 Å². The van der Waals surface area contributed by atoms with Gasteiger partial charge in [-0.2, -0.15) is 0 Å². The Hall–Kier alpha value is -0.770. The van der Waals surface area contributed by atoms with E-state index in [1.54, 1.807) is 6.07 Å². The quantitative estimate of drug-likeness (QED) is 0.907. The first-order chi connectivity index (χ1) is 9.11. The molecule has 1 N–H and O–H groups in total. The molecule has 1 aromatic rings. The van der Waals surface area contributed by atoms with Crippen molar-refractivity contribution in [2.45, 2.75) is 25.8 Å². The maximum absolute atomic E-state index is 12.1. The smallest absolute Gasteiger partial charge is 0.239 e. The number of amides is 1. The zero-order valence-corrected chi connectivity index (χ0v) is 12.5. The highest BCUT2D eigenvalue weighted by Gasteiger charge is 2.30. The lowest BCUT2D eigenvalue weighted by Crippen LogP contribution is -2.38. The number of likely N-dealkylation sites (N-methyl/N-ethyl adjacent to an activating group) is 1. The second-order valence-corrected chi connectivity index (χ2v) is 5.55. The summed E-state index contributed by atoms with van der Waals surface area (Å²) in [4.78, 5) is 14.0. The van der Waals surface area contributed by atoms with Crippen LogP contribution in [0.3, 0.4) is 0 Å². The van der Waals surface area contributed by atoms with Crippen LogP contribution < -0.4 is 5.32 Å². The van der Waals surface area contributed by atoms with Crippen LogP contribution >= 0.6 is 23.2 Å². The summed E-state index contributed by atoms with van der Waals surface area (Å²) in [7, 11) is 0. The molecule has 0 saturated carbocycles. The van der Waals surface area contributed by atoms with Crippen LogP contribution in [0.25, 0.3) is 0 Å². The number of carbonyl (C=O) groups excluding carboxylic acids is 1. The first-order valence-corrected chi connectivity index (χ1v) is 7.33. The molecule has 0 radical (unpaired) electrons. The van der Waals surface area contributed by atoms with Gasteiger partial charge >= 0.3 is 0 Å². The summed E-state index contributed by atoms with van der Waals surface area (Å²) in [6, 6.07) is 5.49. The largest absolute Gasteiger partial charge is 0.341 e. The molecule has 1 unspecified atom stereocenters. The average Bonchev–Trinajstić information content (AvgIpc) is 2.71. The van der Waals surface area contributed by atoms with E-state index in [4.69, 9.17) is 23.2 Å². The number of rotatable bonds is 5. The van der Waals surface area contributed by atoms with Crippen LogP contribution in [-0.4, -0.2) is 36.5 Å². The van der Waals surface area contributed by atoms with Gasteiger partial charge < -0.3 is 10.2 Å². The molecule has 1 heterocycles. The molecule has 1 aromatic carbocycles. The van der Waals surface area contributed by atoms with Gasteiger partial charge in [0.25, 0.3) is 0 Å². The maximum atomic E-state index is 12.1. The molecule has 0 aliphatic carbocycles. The third-order valence-corrected chi connectivity index (χ3v) is 4.00. The predicted octanol–water partition coefficient (Wildman–Crippen LogP) is 2.75. The molecule has 19 heavy (non-hydrogen) atoms. The van der Waals surface area contributed by atoms with Crippen LogP contribution in [0.5, 0.6) is 0 Å². The van der Waals surface area contributed by atoms with Crippen molar-refractivity contribution in [1.29, 1.82) is 0 Å². The number of nitrogens with zero attached hydrogens (tertiary/aromatic N) is 1. The Morgan fingerprint density at radius 3 is 2.89 bits per heavy atom. The van der Waals surface area contributed by atoms with Gasteiger partial charge in [-0.15, -0.1) is 0 Å². The summed E-state index contributed by atoms with van der Waals surface area (Å²) in [6.45, 7) is 4.38. The fourth-order valence-corrected chi connectivity index (χ4v) is 2.88. The fraction of sp³-hybridized carbons (Fsp3) is 0.500. The Labute approximate surface area is 123 Å². The Morgan fingerprint density at radius 1 is 1.42 bits per heavy atom. The Morgan fingerprint density at radius 2 is 2.21 bits per heavy atom. The van der Waals surface area contributed by atoms with Crippen molar-refractivity contribution >= 4 is 29.1 Å². The molecule has 104 valence electrons. The van der Waals surface area contributed by atoms with Crippen LogP contribution in [0, 0.1) is 0 Å². The van der Waals surface area contributed by atoms with Gasteiger partial charge in [0.1, 0.15) is 0 Å². The van der Waals surface area contributed by atoms with Crippen LogP contribution in [-0.2, 0) is 11.2 Å². The first-order valence-electron chi connectivity index (χ1n) is 6.58. The highest BCUT2D eigenvalue weighted by molar-refractivity contribution is 6.35. The van der Waals surface area contributed by atoms with Crippen molar-refractivity contribution < 1.29 is 4.79 Å². The Balaban J connectivity index is 1.91. The lowest BCUT2D eigenvalue weighted by Gasteiger charge is -2.17. The molecule has 1 aliphatic heterocycles. The van der Waals surface area contributed by atoms with Gasteiger partial charge in [-0.3, -0.25) is 4.79 Å². The summed E-state index contributed by atoms with van der Waals surface area (Å²) in [5.41, 5.74) is 1.03. The van der Waals surface area contributed by atoms with Gasteiger partial charge in [-0.1, -0.05) is 36.2 Å². The third kappa shape index (κ3) is 3.62. The second-order valence-electron chi connectivity index (χ2n) is 4.71. The van der Waals surface area contributed by atoms with E-state index in [1.165, 1.54) is 0 Å². The van der Waals surface area contributed by atoms with Gasteiger partial charge in [0, 0.05) is 23.1 Å². The summed E-state index contributed by atoms with van der Waals surface area (Å²) < 4.78 is 0. The van der Waals surface area contributed by atoms with Crippen LogP contribution in [0.4, 0.5) is 0 Å². The molecule has 5 heteroatoms. The predicted molar refractivity (Wildman–Crippen MR) is 78.8 cm³/mol. The monoisotopic (exact) mass is 300 g/mol. The lowest BCUT2D eigenvalue weighted by atomic mass is 10.1. The molecule has 0 spiro atoms. The standard InChI is InChI=1S/C14H18Cl2N2O/c1-2-17-13-6-8-18(14(13)19)7-5-10-3-4-11(15)9-12(10)16/h3-4,9,13,17H,2,5-8H2,1H3. The molecule has 1 amide bonds. The Kier molecular flexibility index (Phi) is 5.08. The number of likely N-dealkylation sites (tertiary alicyclic amines) is 1. The number of nitrogens with one attached hydrogen (secondary N) is 1. The summed E-state index contributed by atoms with van der Waals surface area (Å²) in [5.74, 6) is 0.201. The van der Waals surface area contributed by atoms with E-state index in [2.05, 4.69) is 5.32 Å². The molecule has 1 saturated heterocycles. The number of benzene rings is 1. The van der Waals surface area contributed by atoms with Crippen LogP contribution in [0.2, 0.25) is 10.0 Å². The average molecular weight is 301 g/mol. The van der Waals surface area contributed by atoms with Crippen molar-refractivity contribution in [1.82, 2.24) is 10.2 Å².